The van der Waals surface area contributed by atoms with Crippen molar-refractivity contribution in [1.82, 2.24) is 16.0 Å². The van der Waals surface area contributed by atoms with E-state index in [1.165, 1.54) is 6.07 Å². The van der Waals surface area contributed by atoms with Crippen molar-refractivity contribution in [2.75, 3.05) is 13.1 Å². The van der Waals surface area contributed by atoms with E-state index in [4.69, 9.17) is 9.52 Å². The van der Waals surface area contributed by atoms with E-state index in [0.29, 0.717) is 11.5 Å². The molecule has 1 aliphatic rings. The molecule has 0 bridgehead atoms. The molecule has 7 heteroatoms. The Balaban J connectivity index is 1.80. The summed E-state index contributed by atoms with van der Waals surface area (Å²) in [4.78, 5) is 22.6. The normalized spacial score (nSPS) is 15.8. The highest BCUT2D eigenvalue weighted by atomic mass is 16.4. The van der Waals surface area contributed by atoms with Crippen molar-refractivity contribution in [2.24, 2.45) is 0 Å². The van der Waals surface area contributed by atoms with Gasteiger partial charge in [0.25, 0.3) is 0 Å². The number of furan rings is 1. The van der Waals surface area contributed by atoms with E-state index in [9.17, 15) is 9.59 Å². The van der Waals surface area contributed by atoms with Crippen LogP contribution in [0, 0.1) is 6.92 Å². The van der Waals surface area contributed by atoms with Gasteiger partial charge in [0.05, 0.1) is 6.54 Å². The van der Waals surface area contributed by atoms with Crippen molar-refractivity contribution in [3.8, 4) is 0 Å². The Morgan fingerprint density at radius 1 is 1.45 bits per heavy atom. The molecule has 0 spiro atoms. The van der Waals surface area contributed by atoms with E-state index in [0.717, 1.165) is 25.9 Å². The largest absolute Gasteiger partial charge is 0.478 e. The first-order valence-electron chi connectivity index (χ1n) is 6.64. The summed E-state index contributed by atoms with van der Waals surface area (Å²) in [6, 6.07) is 1.36. The number of nitrogens with one attached hydrogen (secondary N) is 3. The van der Waals surface area contributed by atoms with Crippen LogP contribution < -0.4 is 16.0 Å². The molecule has 4 N–H and O–H groups in total. The first kappa shape index (κ1) is 14.4. The Hall–Kier alpha value is -2.02. The molecule has 1 aromatic heterocycles. The van der Waals surface area contributed by atoms with Crippen LogP contribution in [0.25, 0.3) is 0 Å². The van der Waals surface area contributed by atoms with Gasteiger partial charge in [-0.3, -0.25) is 0 Å². The lowest BCUT2D eigenvalue weighted by Crippen LogP contribution is -2.46. The summed E-state index contributed by atoms with van der Waals surface area (Å²) in [5.41, 5.74) is 0.126. The predicted molar refractivity (Wildman–Crippen MR) is 71.7 cm³/mol. The van der Waals surface area contributed by atoms with Crippen molar-refractivity contribution >= 4 is 12.0 Å². The van der Waals surface area contributed by atoms with Crippen molar-refractivity contribution in [2.45, 2.75) is 32.4 Å². The number of amides is 2. The van der Waals surface area contributed by atoms with Gasteiger partial charge in [0.1, 0.15) is 17.1 Å². The Labute approximate surface area is 116 Å². The molecular formula is C13H19N3O4. The molecule has 1 aliphatic heterocycles. The molecule has 0 aliphatic carbocycles. The number of carboxylic acids is 1. The molecule has 0 saturated carbocycles. The topological polar surface area (TPSA) is 104 Å². The molecule has 0 atom stereocenters. The summed E-state index contributed by atoms with van der Waals surface area (Å²) in [6.45, 7) is 3.57. The van der Waals surface area contributed by atoms with Crippen LogP contribution in [0.4, 0.5) is 4.79 Å². The number of carbonyl (C=O) groups is 2. The Morgan fingerprint density at radius 3 is 2.75 bits per heavy atom. The van der Waals surface area contributed by atoms with Gasteiger partial charge in [-0.05, 0) is 38.9 Å². The van der Waals surface area contributed by atoms with E-state index >= 15 is 0 Å². The summed E-state index contributed by atoms with van der Waals surface area (Å²) in [7, 11) is 0. The van der Waals surface area contributed by atoms with Gasteiger partial charge in [0, 0.05) is 6.04 Å². The number of rotatable bonds is 4. The maximum absolute atomic E-state index is 11.7. The number of hydrogen-bond donors (Lipinski definition) is 4. The number of carboxylic acid groups (broad SMARTS) is 1. The van der Waals surface area contributed by atoms with Gasteiger partial charge in [-0.1, -0.05) is 0 Å². The summed E-state index contributed by atoms with van der Waals surface area (Å²) in [6.07, 6.45) is 1.83. The summed E-state index contributed by atoms with van der Waals surface area (Å²) >= 11 is 0. The zero-order valence-electron chi connectivity index (χ0n) is 11.4. The number of aromatic carboxylic acids is 1. The van der Waals surface area contributed by atoms with Crippen LogP contribution in [0.1, 0.15) is 34.7 Å². The van der Waals surface area contributed by atoms with Crippen LogP contribution in [0.2, 0.25) is 0 Å². The van der Waals surface area contributed by atoms with E-state index in [2.05, 4.69) is 16.0 Å². The number of carbonyl (C=O) groups excluding carboxylic acids is 1. The molecule has 1 aromatic rings. The Kier molecular flexibility index (Phi) is 4.62. The zero-order chi connectivity index (χ0) is 14.5. The maximum Gasteiger partial charge on any atom is 0.339 e. The lowest BCUT2D eigenvalue weighted by atomic mass is 10.1. The first-order valence-corrected chi connectivity index (χ1v) is 6.64. The van der Waals surface area contributed by atoms with Crippen LogP contribution >= 0.6 is 0 Å². The van der Waals surface area contributed by atoms with Crippen molar-refractivity contribution in [3.63, 3.8) is 0 Å². The van der Waals surface area contributed by atoms with Crippen molar-refractivity contribution in [1.29, 1.82) is 0 Å². The average molecular weight is 281 g/mol. The van der Waals surface area contributed by atoms with Gasteiger partial charge >= 0.3 is 12.0 Å². The first-order chi connectivity index (χ1) is 9.56. The lowest BCUT2D eigenvalue weighted by molar-refractivity contribution is 0.0695. The van der Waals surface area contributed by atoms with Crippen LogP contribution in [0.5, 0.6) is 0 Å². The molecule has 0 aromatic carbocycles. The number of piperidine rings is 1. The third-order valence-electron chi connectivity index (χ3n) is 3.30. The molecule has 0 unspecified atom stereocenters. The van der Waals surface area contributed by atoms with E-state index in [1.54, 1.807) is 6.92 Å². The van der Waals surface area contributed by atoms with Crippen molar-refractivity contribution < 1.29 is 19.1 Å². The van der Waals surface area contributed by atoms with E-state index < -0.39 is 5.97 Å². The molecule has 110 valence electrons. The molecule has 20 heavy (non-hydrogen) atoms. The number of hydrogen-bond acceptors (Lipinski definition) is 4. The van der Waals surface area contributed by atoms with Crippen LogP contribution in [-0.2, 0) is 6.54 Å². The van der Waals surface area contributed by atoms with Crippen LogP contribution in [0.15, 0.2) is 10.5 Å². The molecular weight excluding hydrogens is 262 g/mol. The van der Waals surface area contributed by atoms with E-state index in [1.807, 2.05) is 0 Å². The fourth-order valence-corrected chi connectivity index (χ4v) is 2.21. The third kappa shape index (κ3) is 3.74. The van der Waals surface area contributed by atoms with Gasteiger partial charge in [-0.2, -0.15) is 0 Å². The minimum absolute atomic E-state index is 0.126. The zero-order valence-corrected chi connectivity index (χ0v) is 11.4. The molecule has 2 amide bonds. The molecule has 7 nitrogen and oxygen atoms in total. The fourth-order valence-electron chi connectivity index (χ4n) is 2.21. The number of aryl methyl sites for hydroxylation is 1. The SMILES string of the molecule is Cc1oc(CNC(=O)NC2CCNCC2)cc1C(=O)O. The second-order valence-corrected chi connectivity index (χ2v) is 4.84. The van der Waals surface area contributed by atoms with Gasteiger partial charge < -0.3 is 25.5 Å². The average Bonchev–Trinajstić information content (AvgIpc) is 2.79. The molecule has 0 radical (unpaired) electrons. The minimum Gasteiger partial charge on any atom is -0.478 e. The molecule has 2 rings (SSSR count). The van der Waals surface area contributed by atoms with Gasteiger partial charge in [0.15, 0.2) is 0 Å². The third-order valence-corrected chi connectivity index (χ3v) is 3.30. The van der Waals surface area contributed by atoms with E-state index in [-0.39, 0.29) is 24.2 Å². The summed E-state index contributed by atoms with van der Waals surface area (Å²) in [5.74, 6) is -0.259. The quantitative estimate of drug-likeness (QED) is 0.654. The van der Waals surface area contributed by atoms with Gasteiger partial charge in [-0.25, -0.2) is 9.59 Å². The predicted octanol–water partition coefficient (Wildman–Crippen LogP) is 0.837. The van der Waals surface area contributed by atoms with Gasteiger partial charge in [0.2, 0.25) is 0 Å². The standard InChI is InChI=1S/C13H19N3O4/c1-8-11(12(17)18)6-10(20-8)7-15-13(19)16-9-2-4-14-5-3-9/h6,9,14H,2-5,7H2,1H3,(H,17,18)(H2,15,16,19). The second kappa shape index (κ2) is 6.42. The number of urea groups is 1. The molecule has 1 fully saturated rings. The highest BCUT2D eigenvalue weighted by molar-refractivity contribution is 5.88. The Morgan fingerprint density at radius 2 is 2.15 bits per heavy atom. The smallest absolute Gasteiger partial charge is 0.339 e. The molecule has 2 heterocycles. The van der Waals surface area contributed by atoms with Gasteiger partial charge in [-0.15, -0.1) is 0 Å². The monoisotopic (exact) mass is 281 g/mol. The van der Waals surface area contributed by atoms with Crippen LogP contribution in [0.3, 0.4) is 0 Å². The van der Waals surface area contributed by atoms with Crippen molar-refractivity contribution in [3.05, 3.63) is 23.2 Å². The fraction of sp³-hybridized carbons (Fsp3) is 0.538. The second-order valence-electron chi connectivity index (χ2n) is 4.84. The minimum atomic E-state index is -1.03. The Bertz CT molecular complexity index is 492. The highest BCUT2D eigenvalue weighted by Gasteiger charge is 2.16. The highest BCUT2D eigenvalue weighted by Crippen LogP contribution is 2.14. The summed E-state index contributed by atoms with van der Waals surface area (Å²) < 4.78 is 5.28. The summed E-state index contributed by atoms with van der Waals surface area (Å²) in [5, 5.41) is 17.7. The maximum atomic E-state index is 11.7. The lowest BCUT2D eigenvalue weighted by Gasteiger charge is -2.23. The van der Waals surface area contributed by atoms with Crippen LogP contribution in [-0.4, -0.2) is 36.2 Å². The molecule has 1 saturated heterocycles.